The molecule has 0 heterocycles. The van der Waals surface area contributed by atoms with Gasteiger partial charge < -0.3 is 10.2 Å². The number of carboxylic acids is 2. The number of hydrogen-bond acceptors (Lipinski definition) is 3. The number of ketones is 1. The molecule has 4 rings (SSSR count). The van der Waals surface area contributed by atoms with E-state index in [2.05, 4.69) is 0 Å². The second-order valence-corrected chi connectivity index (χ2v) is 5.11. The molecule has 1 saturated carbocycles. The summed E-state index contributed by atoms with van der Waals surface area (Å²) in [5.74, 6) is -6.01. The van der Waals surface area contributed by atoms with Gasteiger partial charge in [-0.15, -0.1) is 0 Å². The summed E-state index contributed by atoms with van der Waals surface area (Å²) in [5, 5.41) is 18.6. The van der Waals surface area contributed by atoms with Crippen molar-refractivity contribution in [1.29, 1.82) is 0 Å². The Kier molecular flexibility index (Phi) is 2.45. The fourth-order valence-electron chi connectivity index (χ4n) is 3.55. The fourth-order valence-corrected chi connectivity index (χ4v) is 3.55. The first-order chi connectivity index (χ1) is 9.02. The van der Waals surface area contributed by atoms with Crippen molar-refractivity contribution in [3.05, 3.63) is 35.4 Å². The van der Waals surface area contributed by atoms with Gasteiger partial charge >= 0.3 is 11.9 Å². The molecule has 0 saturated heterocycles. The first-order valence-corrected chi connectivity index (χ1v) is 6.09. The maximum Gasteiger partial charge on any atom is 0.308 e. The lowest BCUT2D eigenvalue weighted by molar-refractivity contribution is -0.160. The Morgan fingerprint density at radius 3 is 2.16 bits per heavy atom. The lowest BCUT2D eigenvalue weighted by atomic mass is 9.56. The Labute approximate surface area is 108 Å². The lowest BCUT2D eigenvalue weighted by Crippen LogP contribution is -2.49. The number of aliphatic carboxylic acids is 2. The predicted molar refractivity (Wildman–Crippen MR) is 63.8 cm³/mol. The molecule has 5 heteroatoms. The van der Waals surface area contributed by atoms with E-state index >= 15 is 0 Å². The molecule has 2 N–H and O–H groups in total. The van der Waals surface area contributed by atoms with Crippen LogP contribution in [0.3, 0.4) is 0 Å². The van der Waals surface area contributed by atoms with Gasteiger partial charge in [0.2, 0.25) is 0 Å². The average molecular weight is 260 g/mol. The predicted octanol–water partition coefficient (Wildman–Crippen LogP) is 1.24. The minimum absolute atomic E-state index is 0.127. The van der Waals surface area contributed by atoms with E-state index in [0.717, 1.165) is 5.56 Å². The Hall–Kier alpha value is -2.17. The van der Waals surface area contributed by atoms with Crippen molar-refractivity contribution in [2.45, 2.75) is 18.3 Å². The number of carbonyl (C=O) groups is 3. The van der Waals surface area contributed by atoms with Crippen molar-refractivity contribution < 1.29 is 24.6 Å². The minimum Gasteiger partial charge on any atom is -0.481 e. The summed E-state index contributed by atoms with van der Waals surface area (Å²) in [6.45, 7) is 0. The zero-order valence-electron chi connectivity index (χ0n) is 9.95. The molecular weight excluding hydrogens is 248 g/mol. The lowest BCUT2D eigenvalue weighted by Gasteiger charge is -2.44. The minimum atomic E-state index is -1.20. The number of benzene rings is 1. The van der Waals surface area contributed by atoms with E-state index in [0.29, 0.717) is 5.56 Å². The summed E-state index contributed by atoms with van der Waals surface area (Å²) in [4.78, 5) is 34.8. The van der Waals surface area contributed by atoms with Crippen LogP contribution in [0, 0.1) is 11.8 Å². The van der Waals surface area contributed by atoms with Gasteiger partial charge in [-0.25, -0.2) is 0 Å². The first-order valence-electron chi connectivity index (χ1n) is 6.09. The van der Waals surface area contributed by atoms with Crippen molar-refractivity contribution in [1.82, 2.24) is 0 Å². The molecule has 19 heavy (non-hydrogen) atoms. The van der Waals surface area contributed by atoms with Crippen LogP contribution in [0.5, 0.6) is 0 Å². The molecule has 0 aliphatic heterocycles. The highest BCUT2D eigenvalue weighted by Crippen LogP contribution is 2.54. The molecule has 0 amide bonds. The van der Waals surface area contributed by atoms with Gasteiger partial charge in [0, 0.05) is 12.3 Å². The molecule has 0 radical (unpaired) electrons. The third-order valence-electron chi connectivity index (χ3n) is 4.25. The second-order valence-electron chi connectivity index (χ2n) is 5.11. The van der Waals surface area contributed by atoms with Gasteiger partial charge in [-0.3, -0.25) is 14.4 Å². The fraction of sp³-hybridized carbons (Fsp3) is 0.357. The van der Waals surface area contributed by atoms with Crippen molar-refractivity contribution in [2.24, 2.45) is 11.8 Å². The van der Waals surface area contributed by atoms with Crippen molar-refractivity contribution in [3.63, 3.8) is 0 Å². The largest absolute Gasteiger partial charge is 0.481 e. The van der Waals surface area contributed by atoms with Crippen molar-refractivity contribution >= 4 is 17.7 Å². The quantitative estimate of drug-likeness (QED) is 0.834. The Morgan fingerprint density at radius 1 is 1.00 bits per heavy atom. The van der Waals surface area contributed by atoms with E-state index in [-0.39, 0.29) is 12.2 Å². The monoisotopic (exact) mass is 260 g/mol. The van der Waals surface area contributed by atoms with Crippen LogP contribution in [-0.4, -0.2) is 27.9 Å². The third kappa shape index (κ3) is 1.51. The standard InChI is InChI=1S/C14H12O5/c15-9-5-8-6-3-1-2-4-7(6)10(9)12(14(18)19)11(8)13(16)17/h1-4,8,10-12H,5H2,(H,16,17)(H,18,19)/t8-,10+,11+,12-/m0/s1. The number of carbonyl (C=O) groups excluding carboxylic acids is 1. The van der Waals surface area contributed by atoms with Crippen LogP contribution >= 0.6 is 0 Å². The molecule has 4 atom stereocenters. The van der Waals surface area contributed by atoms with Gasteiger partial charge in [0.05, 0.1) is 17.8 Å². The Morgan fingerprint density at radius 2 is 1.58 bits per heavy atom. The van der Waals surface area contributed by atoms with Crippen LogP contribution in [0.4, 0.5) is 0 Å². The van der Waals surface area contributed by atoms with Crippen LogP contribution in [0.1, 0.15) is 29.4 Å². The normalized spacial score (nSPS) is 31.9. The molecule has 98 valence electrons. The zero-order valence-corrected chi connectivity index (χ0v) is 9.95. The number of rotatable bonds is 2. The molecule has 1 aromatic rings. The molecule has 5 nitrogen and oxygen atoms in total. The maximum atomic E-state index is 12.0. The van der Waals surface area contributed by atoms with Crippen molar-refractivity contribution in [2.75, 3.05) is 0 Å². The van der Waals surface area contributed by atoms with E-state index < -0.39 is 35.6 Å². The summed E-state index contributed by atoms with van der Waals surface area (Å²) < 4.78 is 0. The molecule has 0 spiro atoms. The van der Waals surface area contributed by atoms with Gasteiger partial charge in [0.1, 0.15) is 5.78 Å². The van der Waals surface area contributed by atoms with Crippen LogP contribution in [0.15, 0.2) is 24.3 Å². The van der Waals surface area contributed by atoms with Gasteiger partial charge in [0.15, 0.2) is 0 Å². The topological polar surface area (TPSA) is 91.7 Å². The summed E-state index contributed by atoms with van der Waals surface area (Å²) in [6, 6.07) is 7.08. The number of Topliss-reactive ketones (excluding diaryl/α,β-unsaturated/α-hetero) is 1. The maximum absolute atomic E-state index is 12.0. The van der Waals surface area contributed by atoms with Crippen molar-refractivity contribution in [3.8, 4) is 0 Å². The highest BCUT2D eigenvalue weighted by Gasteiger charge is 2.56. The van der Waals surface area contributed by atoms with Gasteiger partial charge in [0.25, 0.3) is 0 Å². The van der Waals surface area contributed by atoms with E-state index in [4.69, 9.17) is 0 Å². The second kappa shape index (κ2) is 3.91. The summed E-state index contributed by atoms with van der Waals surface area (Å²) in [7, 11) is 0. The van der Waals surface area contributed by atoms with Gasteiger partial charge in [-0.2, -0.15) is 0 Å². The van der Waals surface area contributed by atoms with E-state index in [9.17, 15) is 24.6 Å². The van der Waals surface area contributed by atoms with E-state index in [1.165, 1.54) is 0 Å². The average Bonchev–Trinajstić information content (AvgIpc) is 2.37. The highest BCUT2D eigenvalue weighted by atomic mass is 16.4. The SMILES string of the molecule is O=C(O)[C@@H]1[C@H](C(=O)O)[C@H]2CC(=O)[C@H]1c1ccccc12. The molecule has 2 bridgehead atoms. The number of hydrogen-bond donors (Lipinski definition) is 2. The van der Waals surface area contributed by atoms with Crippen LogP contribution < -0.4 is 0 Å². The molecule has 0 aromatic heterocycles. The van der Waals surface area contributed by atoms with Crippen LogP contribution in [0.2, 0.25) is 0 Å². The van der Waals surface area contributed by atoms with Gasteiger partial charge in [-0.05, 0) is 11.1 Å². The molecule has 3 aliphatic rings. The van der Waals surface area contributed by atoms with Gasteiger partial charge in [-0.1, -0.05) is 24.3 Å². The Bertz CT molecular complexity index is 591. The van der Waals surface area contributed by atoms with Crippen LogP contribution in [0.25, 0.3) is 0 Å². The molecule has 1 fully saturated rings. The molecule has 1 aromatic carbocycles. The van der Waals surface area contributed by atoms with E-state index in [1.807, 2.05) is 0 Å². The molecule has 3 aliphatic carbocycles. The first kappa shape index (κ1) is 11.9. The highest BCUT2D eigenvalue weighted by molar-refractivity contribution is 5.98. The zero-order chi connectivity index (χ0) is 13.7. The van der Waals surface area contributed by atoms with E-state index in [1.54, 1.807) is 24.3 Å². The third-order valence-corrected chi connectivity index (χ3v) is 4.25. The molecule has 0 unspecified atom stereocenters. The summed E-state index contributed by atoms with van der Waals surface area (Å²) in [6.07, 6.45) is 0.127. The molecular formula is C14H12O5. The summed E-state index contributed by atoms with van der Waals surface area (Å²) >= 11 is 0. The Balaban J connectivity index is 2.22. The summed E-state index contributed by atoms with van der Waals surface area (Å²) in [5.41, 5.74) is 1.51. The smallest absolute Gasteiger partial charge is 0.308 e. The number of fused-ring (bicyclic) bond motifs is 2. The number of carboxylic acid groups (broad SMARTS) is 2. The van der Waals surface area contributed by atoms with Crippen LogP contribution in [-0.2, 0) is 14.4 Å².